The van der Waals surface area contributed by atoms with Crippen molar-refractivity contribution in [3.05, 3.63) is 78.9 Å². The molecule has 31 heavy (non-hydrogen) atoms. The van der Waals surface area contributed by atoms with Crippen LogP contribution < -0.4 is 26.1 Å². The highest BCUT2D eigenvalue weighted by Crippen LogP contribution is 2.35. The number of imidazole rings is 1. The van der Waals surface area contributed by atoms with E-state index in [4.69, 9.17) is 4.74 Å². The number of benzene rings is 2. The van der Waals surface area contributed by atoms with Gasteiger partial charge in [0.1, 0.15) is 23.3 Å². The normalized spacial score (nSPS) is 11.5. The van der Waals surface area contributed by atoms with E-state index in [0.29, 0.717) is 17.0 Å². The number of nitrogens with zero attached hydrogens (tertiary/aromatic N) is 3. The van der Waals surface area contributed by atoms with Gasteiger partial charge in [0.05, 0.1) is 23.7 Å². The summed E-state index contributed by atoms with van der Waals surface area (Å²) >= 11 is 0. The number of fused-ring (bicyclic) bond motifs is 2. The number of rotatable bonds is 4. The predicted molar refractivity (Wildman–Crippen MR) is 113 cm³/mol. The van der Waals surface area contributed by atoms with Crippen LogP contribution in [0.1, 0.15) is 5.69 Å². The molecule has 0 fully saturated rings. The lowest BCUT2D eigenvalue weighted by molar-refractivity contribution is -0.519. The second-order valence-corrected chi connectivity index (χ2v) is 8.75. The summed E-state index contributed by atoms with van der Waals surface area (Å²) in [5.74, 6) is 1.33. The number of ether oxygens (including phenoxy) is 1. The number of methoxy groups -OCH3 is 1. The molecule has 9 heteroatoms. The summed E-state index contributed by atoms with van der Waals surface area (Å²) in [4.78, 5) is 7.91. The van der Waals surface area contributed by atoms with E-state index >= 15 is 0 Å². The Morgan fingerprint density at radius 1 is 1.10 bits per heavy atom. The van der Waals surface area contributed by atoms with Gasteiger partial charge in [0, 0.05) is 23.2 Å². The summed E-state index contributed by atoms with van der Waals surface area (Å²) in [5, 5.41) is 0.768. The van der Waals surface area contributed by atoms with E-state index in [1.165, 1.54) is 3.97 Å². The number of halogens is 1. The van der Waals surface area contributed by atoms with Crippen molar-refractivity contribution in [1.82, 2.24) is 13.9 Å². The number of aromatic nitrogens is 4. The van der Waals surface area contributed by atoms with Crippen molar-refractivity contribution in [2.24, 2.45) is 0 Å². The summed E-state index contributed by atoms with van der Waals surface area (Å²) in [7, 11) is -2.19. The number of hydrogen-bond donors (Lipinski definition) is 1. The van der Waals surface area contributed by atoms with Crippen LogP contribution in [-0.2, 0) is 10.0 Å². The summed E-state index contributed by atoms with van der Waals surface area (Å²) in [5.41, 5.74) is 3.06. The summed E-state index contributed by atoms with van der Waals surface area (Å²) in [6, 6.07) is 15.6. The molecule has 0 aliphatic rings. The minimum Gasteiger partial charge on any atom is -1.00 e. The first-order valence-electron chi connectivity index (χ1n) is 9.36. The van der Waals surface area contributed by atoms with E-state index in [9.17, 15) is 8.42 Å². The van der Waals surface area contributed by atoms with Crippen LogP contribution in [0.2, 0.25) is 0 Å². The largest absolute Gasteiger partial charge is 1.00 e. The Morgan fingerprint density at radius 3 is 2.58 bits per heavy atom. The molecule has 0 saturated heterocycles. The third-order valence-corrected chi connectivity index (χ3v) is 6.94. The van der Waals surface area contributed by atoms with Crippen molar-refractivity contribution >= 4 is 26.7 Å². The Morgan fingerprint density at radius 2 is 1.87 bits per heavy atom. The highest BCUT2D eigenvalue weighted by Gasteiger charge is 2.26. The number of nitrogens with one attached hydrogen (secondary N) is 1. The molecule has 3 heterocycles. The molecule has 0 aliphatic carbocycles. The topological polar surface area (TPSA) is 81.1 Å². The van der Waals surface area contributed by atoms with E-state index in [1.54, 1.807) is 62.0 Å². The van der Waals surface area contributed by atoms with Gasteiger partial charge >= 0.3 is 5.78 Å². The van der Waals surface area contributed by atoms with Gasteiger partial charge in [-0.3, -0.25) is 0 Å². The molecule has 0 aliphatic heterocycles. The van der Waals surface area contributed by atoms with Gasteiger partial charge in [-0.05, 0) is 37.3 Å². The maximum Gasteiger partial charge on any atom is 0.401 e. The Hall–Kier alpha value is -3.17. The number of hydrogen-bond acceptors (Lipinski definition) is 4. The van der Waals surface area contributed by atoms with Crippen molar-refractivity contribution in [2.75, 3.05) is 7.11 Å². The van der Waals surface area contributed by atoms with Gasteiger partial charge in [-0.2, -0.15) is 0 Å². The van der Waals surface area contributed by atoms with Gasteiger partial charge in [0.25, 0.3) is 10.0 Å². The van der Waals surface area contributed by atoms with Gasteiger partial charge < -0.3 is 21.7 Å². The van der Waals surface area contributed by atoms with Gasteiger partial charge in [-0.15, -0.1) is 0 Å². The van der Waals surface area contributed by atoms with Crippen LogP contribution in [0.15, 0.2) is 78.1 Å². The fourth-order valence-corrected chi connectivity index (χ4v) is 5.12. The zero-order valence-electron chi connectivity index (χ0n) is 16.8. The van der Waals surface area contributed by atoms with Crippen LogP contribution in [0.3, 0.4) is 0 Å². The second kappa shape index (κ2) is 7.82. The minimum absolute atomic E-state index is 0. The lowest BCUT2D eigenvalue weighted by atomic mass is 10.1. The van der Waals surface area contributed by atoms with E-state index in [2.05, 4.69) is 9.97 Å². The van der Waals surface area contributed by atoms with Crippen LogP contribution in [0.25, 0.3) is 27.9 Å². The zero-order valence-corrected chi connectivity index (χ0v) is 19.2. The second-order valence-electron chi connectivity index (χ2n) is 6.94. The quantitative estimate of drug-likeness (QED) is 0.362. The van der Waals surface area contributed by atoms with E-state index in [0.717, 1.165) is 22.3 Å². The number of H-pyrrole nitrogens is 1. The van der Waals surface area contributed by atoms with Crippen LogP contribution in [0.5, 0.6) is 5.75 Å². The third kappa shape index (κ3) is 3.30. The maximum absolute atomic E-state index is 13.4. The molecular formula is C22H19BrN4O3S. The highest BCUT2D eigenvalue weighted by molar-refractivity contribution is 7.90. The molecular weight excluding hydrogens is 480 g/mol. The first-order chi connectivity index (χ1) is 14.5. The number of aromatic amines is 1. The SMILES string of the molecule is COc1ccc2c(c1)c(-c1[nH]c3nccc[n+]3c1C)cn2S(=O)(=O)c1ccccc1.[Br-]. The van der Waals surface area contributed by atoms with Crippen molar-refractivity contribution < 1.29 is 34.5 Å². The van der Waals surface area contributed by atoms with Crippen molar-refractivity contribution in [3.8, 4) is 17.0 Å². The lowest BCUT2D eigenvalue weighted by Gasteiger charge is -2.07. The monoisotopic (exact) mass is 498 g/mol. The molecule has 0 amide bonds. The van der Waals surface area contributed by atoms with E-state index in [-0.39, 0.29) is 21.9 Å². The minimum atomic E-state index is -3.78. The lowest BCUT2D eigenvalue weighted by Crippen LogP contribution is -3.00. The van der Waals surface area contributed by atoms with Gasteiger partial charge in [0.2, 0.25) is 0 Å². The molecule has 5 rings (SSSR count). The average Bonchev–Trinajstić information content (AvgIpc) is 3.32. The summed E-state index contributed by atoms with van der Waals surface area (Å²) in [6.07, 6.45) is 5.28. The fraction of sp³-hybridized carbons (Fsp3) is 0.0909. The molecule has 0 saturated carbocycles. The first-order valence-corrected chi connectivity index (χ1v) is 10.8. The van der Waals surface area contributed by atoms with Crippen molar-refractivity contribution in [3.63, 3.8) is 0 Å². The first kappa shape index (κ1) is 21.1. The molecule has 0 spiro atoms. The standard InChI is InChI=1S/C22H18N4O3S.BrH/c1-15-21(24-22-23-11-6-12-25(15)22)19-14-26(20-10-9-16(29-2)13-18(19)20)30(27,28)17-7-4-3-5-8-17;/h3-14H,1-2H3;1H. The Labute approximate surface area is 189 Å². The van der Waals surface area contributed by atoms with E-state index in [1.807, 2.05) is 29.7 Å². The Balaban J connectivity index is 0.00000231. The molecule has 0 unspecified atom stereocenters. The van der Waals surface area contributed by atoms with E-state index < -0.39 is 10.0 Å². The van der Waals surface area contributed by atoms with Crippen LogP contribution >= 0.6 is 0 Å². The average molecular weight is 499 g/mol. The summed E-state index contributed by atoms with van der Waals surface area (Å²) < 4.78 is 35.5. The molecule has 3 aromatic heterocycles. The van der Waals surface area contributed by atoms with Gasteiger partial charge in [-0.25, -0.2) is 21.8 Å². The van der Waals surface area contributed by atoms with Gasteiger partial charge in [-0.1, -0.05) is 23.2 Å². The maximum atomic E-state index is 13.4. The van der Waals surface area contributed by atoms with Crippen LogP contribution in [0.4, 0.5) is 0 Å². The Kier molecular flexibility index (Phi) is 5.32. The molecule has 5 aromatic rings. The van der Waals surface area contributed by atoms with Crippen LogP contribution in [-0.4, -0.2) is 29.5 Å². The van der Waals surface area contributed by atoms with Crippen molar-refractivity contribution in [2.45, 2.75) is 11.8 Å². The fourth-order valence-electron chi connectivity index (χ4n) is 3.73. The third-order valence-electron chi connectivity index (χ3n) is 5.25. The van der Waals surface area contributed by atoms with Crippen LogP contribution in [0, 0.1) is 6.92 Å². The summed E-state index contributed by atoms with van der Waals surface area (Å²) in [6.45, 7) is 1.97. The van der Waals surface area contributed by atoms with Gasteiger partial charge in [0.15, 0.2) is 0 Å². The molecule has 1 N–H and O–H groups in total. The highest BCUT2D eigenvalue weighted by atomic mass is 79.9. The predicted octanol–water partition coefficient (Wildman–Crippen LogP) is 0.328. The molecule has 2 aromatic carbocycles. The molecule has 158 valence electrons. The Bertz CT molecular complexity index is 1510. The smallest absolute Gasteiger partial charge is 0.401 e. The molecule has 0 radical (unpaired) electrons. The molecule has 0 atom stereocenters. The zero-order chi connectivity index (χ0) is 20.9. The van der Waals surface area contributed by atoms with Crippen molar-refractivity contribution in [1.29, 1.82) is 0 Å². The number of aryl methyl sites for hydroxylation is 1. The molecule has 0 bridgehead atoms. The molecule has 7 nitrogen and oxygen atoms in total.